The Bertz CT molecular complexity index is 653. The number of rotatable bonds is 7. The highest BCUT2D eigenvalue weighted by molar-refractivity contribution is 5.76. The summed E-state index contributed by atoms with van der Waals surface area (Å²) in [4.78, 5) is 11.8. The summed E-state index contributed by atoms with van der Waals surface area (Å²) in [6.07, 6.45) is 0.985. The Morgan fingerprint density at radius 2 is 1.87 bits per heavy atom. The maximum Gasteiger partial charge on any atom is 0.220 e. The van der Waals surface area contributed by atoms with Crippen molar-refractivity contribution in [3.63, 3.8) is 0 Å². The van der Waals surface area contributed by atoms with Gasteiger partial charge in [0.15, 0.2) is 0 Å². The van der Waals surface area contributed by atoms with Gasteiger partial charge in [0.05, 0.1) is 6.54 Å². The van der Waals surface area contributed by atoms with Crippen LogP contribution in [0.5, 0.6) is 5.75 Å². The highest BCUT2D eigenvalue weighted by atomic mass is 19.1. The highest BCUT2D eigenvalue weighted by Crippen LogP contribution is 2.20. The molecule has 0 atom stereocenters. The SMILES string of the molecule is Cc1cccc(OCCNC(=O)CCc2ccc(F)cc2)c1C. The summed E-state index contributed by atoms with van der Waals surface area (Å²) < 4.78 is 18.5. The van der Waals surface area contributed by atoms with Crippen LogP contribution in [0.25, 0.3) is 0 Å². The van der Waals surface area contributed by atoms with Crippen molar-refractivity contribution in [3.05, 3.63) is 65.0 Å². The van der Waals surface area contributed by atoms with Crippen molar-refractivity contribution >= 4 is 5.91 Å². The molecule has 1 N–H and O–H groups in total. The van der Waals surface area contributed by atoms with Crippen molar-refractivity contribution in [3.8, 4) is 5.75 Å². The third-order valence-corrected chi connectivity index (χ3v) is 3.79. The zero-order chi connectivity index (χ0) is 16.7. The van der Waals surface area contributed by atoms with E-state index in [-0.39, 0.29) is 11.7 Å². The maximum absolute atomic E-state index is 12.8. The lowest BCUT2D eigenvalue weighted by atomic mass is 10.1. The number of carbonyl (C=O) groups is 1. The first-order valence-corrected chi connectivity index (χ1v) is 7.76. The second kappa shape index (κ2) is 8.32. The minimum atomic E-state index is -0.262. The number of carbonyl (C=O) groups excluding carboxylic acids is 1. The van der Waals surface area contributed by atoms with E-state index in [1.165, 1.54) is 17.7 Å². The lowest BCUT2D eigenvalue weighted by Gasteiger charge is -2.11. The molecule has 3 nitrogen and oxygen atoms in total. The summed E-state index contributed by atoms with van der Waals surface area (Å²) in [7, 11) is 0. The molecule has 2 aromatic carbocycles. The van der Waals surface area contributed by atoms with E-state index < -0.39 is 0 Å². The summed E-state index contributed by atoms with van der Waals surface area (Å²) in [6.45, 7) is 4.97. The van der Waals surface area contributed by atoms with E-state index in [4.69, 9.17) is 4.74 Å². The topological polar surface area (TPSA) is 38.3 Å². The summed E-state index contributed by atoms with van der Waals surface area (Å²) >= 11 is 0. The van der Waals surface area contributed by atoms with Crippen LogP contribution in [0.15, 0.2) is 42.5 Å². The van der Waals surface area contributed by atoms with Crippen LogP contribution >= 0.6 is 0 Å². The summed E-state index contributed by atoms with van der Waals surface area (Å²) in [5.74, 6) is 0.561. The Balaban J connectivity index is 1.67. The third kappa shape index (κ3) is 5.40. The zero-order valence-electron chi connectivity index (χ0n) is 13.6. The van der Waals surface area contributed by atoms with Gasteiger partial charge in [-0.15, -0.1) is 0 Å². The quantitative estimate of drug-likeness (QED) is 0.793. The molecule has 0 saturated heterocycles. The van der Waals surface area contributed by atoms with Crippen LogP contribution < -0.4 is 10.1 Å². The Kier molecular flexibility index (Phi) is 6.15. The van der Waals surface area contributed by atoms with Crippen molar-refractivity contribution in [1.29, 1.82) is 0 Å². The average molecular weight is 315 g/mol. The number of amides is 1. The number of hydrogen-bond donors (Lipinski definition) is 1. The minimum Gasteiger partial charge on any atom is -0.491 e. The van der Waals surface area contributed by atoms with E-state index in [1.54, 1.807) is 12.1 Å². The van der Waals surface area contributed by atoms with Gasteiger partial charge in [-0.25, -0.2) is 4.39 Å². The van der Waals surface area contributed by atoms with Crippen LogP contribution in [0.1, 0.15) is 23.1 Å². The summed E-state index contributed by atoms with van der Waals surface area (Å²) in [5.41, 5.74) is 3.26. The van der Waals surface area contributed by atoms with E-state index in [0.717, 1.165) is 16.9 Å². The van der Waals surface area contributed by atoms with E-state index in [9.17, 15) is 9.18 Å². The van der Waals surface area contributed by atoms with Crippen LogP contribution in [0.4, 0.5) is 4.39 Å². The third-order valence-electron chi connectivity index (χ3n) is 3.79. The maximum atomic E-state index is 12.8. The Hall–Kier alpha value is -2.36. The van der Waals surface area contributed by atoms with E-state index in [2.05, 4.69) is 5.32 Å². The summed E-state index contributed by atoms with van der Waals surface area (Å²) in [5, 5.41) is 2.83. The van der Waals surface area contributed by atoms with Gasteiger partial charge in [-0.1, -0.05) is 24.3 Å². The van der Waals surface area contributed by atoms with Crippen molar-refractivity contribution < 1.29 is 13.9 Å². The molecule has 4 heteroatoms. The molecule has 0 aliphatic carbocycles. The monoisotopic (exact) mass is 315 g/mol. The number of nitrogens with one attached hydrogen (secondary N) is 1. The molecule has 0 spiro atoms. The predicted molar refractivity (Wildman–Crippen MR) is 89.1 cm³/mol. The van der Waals surface area contributed by atoms with Gasteiger partial charge in [0, 0.05) is 6.42 Å². The number of aryl methyl sites for hydroxylation is 2. The molecule has 0 aliphatic rings. The van der Waals surface area contributed by atoms with Crippen molar-refractivity contribution in [2.24, 2.45) is 0 Å². The normalized spacial score (nSPS) is 10.4. The number of hydrogen-bond acceptors (Lipinski definition) is 2. The van der Waals surface area contributed by atoms with Crippen LogP contribution in [-0.4, -0.2) is 19.1 Å². The highest BCUT2D eigenvalue weighted by Gasteiger charge is 2.04. The fourth-order valence-electron chi connectivity index (χ4n) is 2.23. The fraction of sp³-hybridized carbons (Fsp3) is 0.316. The molecule has 0 bridgehead atoms. The van der Waals surface area contributed by atoms with Gasteiger partial charge in [0.2, 0.25) is 5.91 Å². The van der Waals surface area contributed by atoms with Gasteiger partial charge in [-0.2, -0.15) is 0 Å². The lowest BCUT2D eigenvalue weighted by molar-refractivity contribution is -0.121. The fourth-order valence-corrected chi connectivity index (χ4v) is 2.23. The zero-order valence-corrected chi connectivity index (χ0v) is 13.6. The van der Waals surface area contributed by atoms with E-state index >= 15 is 0 Å². The molecule has 122 valence electrons. The molecule has 0 fully saturated rings. The average Bonchev–Trinajstić information content (AvgIpc) is 2.55. The van der Waals surface area contributed by atoms with Gasteiger partial charge < -0.3 is 10.1 Å². The molecule has 0 saturated carbocycles. The Morgan fingerprint density at radius 1 is 1.13 bits per heavy atom. The van der Waals surface area contributed by atoms with Gasteiger partial charge in [-0.05, 0) is 55.2 Å². The second-order valence-corrected chi connectivity index (χ2v) is 5.52. The molecular formula is C19H22FNO2. The molecule has 0 unspecified atom stereocenters. The summed E-state index contributed by atoms with van der Waals surface area (Å²) in [6, 6.07) is 12.1. The lowest BCUT2D eigenvalue weighted by Crippen LogP contribution is -2.28. The van der Waals surface area contributed by atoms with Crippen LogP contribution in [-0.2, 0) is 11.2 Å². The van der Waals surface area contributed by atoms with Crippen molar-refractivity contribution in [2.75, 3.05) is 13.2 Å². The van der Waals surface area contributed by atoms with Crippen LogP contribution in [0.3, 0.4) is 0 Å². The largest absolute Gasteiger partial charge is 0.491 e. The molecule has 1 amide bonds. The standard InChI is InChI=1S/C19H22FNO2/c1-14-4-3-5-18(15(14)2)23-13-12-21-19(22)11-8-16-6-9-17(20)10-7-16/h3-7,9-10H,8,11-13H2,1-2H3,(H,21,22). The first-order chi connectivity index (χ1) is 11.1. The number of halogens is 1. The van der Waals surface area contributed by atoms with Gasteiger partial charge in [-0.3, -0.25) is 4.79 Å². The molecular weight excluding hydrogens is 293 g/mol. The number of ether oxygens (including phenoxy) is 1. The van der Waals surface area contributed by atoms with Crippen molar-refractivity contribution in [2.45, 2.75) is 26.7 Å². The molecule has 0 aliphatic heterocycles. The van der Waals surface area contributed by atoms with Gasteiger partial charge in [0.1, 0.15) is 18.2 Å². The van der Waals surface area contributed by atoms with Crippen molar-refractivity contribution in [1.82, 2.24) is 5.32 Å². The molecule has 0 radical (unpaired) electrons. The Morgan fingerprint density at radius 3 is 2.61 bits per heavy atom. The molecule has 0 aromatic heterocycles. The first-order valence-electron chi connectivity index (χ1n) is 7.76. The van der Waals surface area contributed by atoms with E-state index in [0.29, 0.717) is 26.0 Å². The van der Waals surface area contributed by atoms with Crippen LogP contribution in [0.2, 0.25) is 0 Å². The Labute approximate surface area is 136 Å². The molecule has 0 heterocycles. The first kappa shape index (κ1) is 17.0. The molecule has 2 rings (SSSR count). The van der Waals surface area contributed by atoms with Crippen LogP contribution in [0, 0.1) is 19.7 Å². The predicted octanol–water partition coefficient (Wildman–Crippen LogP) is 3.57. The molecule has 2 aromatic rings. The molecule has 23 heavy (non-hydrogen) atoms. The minimum absolute atomic E-state index is 0.0288. The van der Waals surface area contributed by atoms with E-state index in [1.807, 2.05) is 32.0 Å². The smallest absolute Gasteiger partial charge is 0.220 e. The van der Waals surface area contributed by atoms with Gasteiger partial charge >= 0.3 is 0 Å². The van der Waals surface area contributed by atoms with Gasteiger partial charge in [0.25, 0.3) is 0 Å². The number of benzene rings is 2. The second-order valence-electron chi connectivity index (χ2n) is 5.52.